The minimum atomic E-state index is -0.515. The molecule has 0 unspecified atom stereocenters. The third kappa shape index (κ3) is 5.94. The molecule has 7 nitrogen and oxygen atoms in total. The van der Waals surface area contributed by atoms with Gasteiger partial charge in [-0.05, 0) is 86.3 Å². The molecule has 0 aromatic heterocycles. The molecule has 1 amide bonds. The molecule has 0 aliphatic heterocycles. The van der Waals surface area contributed by atoms with Crippen molar-refractivity contribution in [2.24, 2.45) is 5.73 Å². The van der Waals surface area contributed by atoms with E-state index in [0.29, 0.717) is 28.8 Å². The molecule has 3 aromatic rings. The van der Waals surface area contributed by atoms with E-state index in [1.165, 1.54) is 7.11 Å². The van der Waals surface area contributed by atoms with Gasteiger partial charge in [0.1, 0.15) is 17.2 Å². The quantitative estimate of drug-likeness (QED) is 0.472. The van der Waals surface area contributed by atoms with Gasteiger partial charge in [-0.3, -0.25) is 4.79 Å². The molecule has 1 saturated carbocycles. The second-order valence-corrected chi connectivity index (χ2v) is 8.24. The lowest BCUT2D eigenvalue weighted by Gasteiger charge is -2.26. The van der Waals surface area contributed by atoms with Crippen molar-refractivity contribution in [2.75, 3.05) is 12.4 Å². The van der Waals surface area contributed by atoms with Crippen molar-refractivity contribution in [3.8, 4) is 17.2 Å². The Kier molecular flexibility index (Phi) is 7.44. The summed E-state index contributed by atoms with van der Waals surface area (Å²) in [5, 5.41) is 2.75. The fraction of sp³-hybridized carbons (Fsp3) is 0.259. The van der Waals surface area contributed by atoms with Gasteiger partial charge in [-0.25, -0.2) is 4.79 Å². The maximum Gasteiger partial charge on any atom is 0.339 e. The summed E-state index contributed by atoms with van der Waals surface area (Å²) in [5.74, 6) is 1.22. The predicted molar refractivity (Wildman–Crippen MR) is 130 cm³/mol. The first-order chi connectivity index (χ1) is 16.5. The summed E-state index contributed by atoms with van der Waals surface area (Å²) < 4.78 is 16.7. The SMILES string of the molecule is COC(=O)c1ccccc1NC(=O)c1ccc(Oc2ccc(O[C@H]3CC[C@@H](N)CC3)cc2)cc1. The molecule has 3 aromatic carbocycles. The zero-order chi connectivity index (χ0) is 23.9. The number of carbonyl (C=O) groups excluding carboxylic acids is 2. The molecule has 0 radical (unpaired) electrons. The van der Waals surface area contributed by atoms with Crippen molar-refractivity contribution < 1.29 is 23.8 Å². The molecule has 0 atom stereocenters. The van der Waals surface area contributed by atoms with E-state index in [1.807, 2.05) is 24.3 Å². The number of rotatable bonds is 7. The summed E-state index contributed by atoms with van der Waals surface area (Å²) in [7, 11) is 1.30. The molecular weight excluding hydrogens is 432 g/mol. The van der Waals surface area contributed by atoms with E-state index in [9.17, 15) is 9.59 Å². The van der Waals surface area contributed by atoms with Crippen molar-refractivity contribution in [3.63, 3.8) is 0 Å². The van der Waals surface area contributed by atoms with Crippen molar-refractivity contribution in [2.45, 2.75) is 37.8 Å². The van der Waals surface area contributed by atoms with Crippen LogP contribution < -0.4 is 20.5 Å². The average Bonchev–Trinajstić information content (AvgIpc) is 2.87. The largest absolute Gasteiger partial charge is 0.490 e. The van der Waals surface area contributed by atoms with E-state index in [-0.39, 0.29) is 17.6 Å². The van der Waals surface area contributed by atoms with Gasteiger partial charge in [0.05, 0.1) is 24.5 Å². The number of ether oxygens (including phenoxy) is 3. The van der Waals surface area contributed by atoms with Crippen LogP contribution in [0.15, 0.2) is 72.8 Å². The molecular formula is C27H28N2O5. The Hall–Kier alpha value is -3.84. The van der Waals surface area contributed by atoms with Crippen LogP contribution in [0.2, 0.25) is 0 Å². The highest BCUT2D eigenvalue weighted by Gasteiger charge is 2.20. The number of carbonyl (C=O) groups is 2. The van der Waals surface area contributed by atoms with E-state index in [4.69, 9.17) is 19.9 Å². The molecule has 0 spiro atoms. The Morgan fingerprint density at radius 3 is 2.06 bits per heavy atom. The first-order valence-electron chi connectivity index (χ1n) is 11.3. The minimum Gasteiger partial charge on any atom is -0.490 e. The smallest absolute Gasteiger partial charge is 0.339 e. The van der Waals surface area contributed by atoms with E-state index in [0.717, 1.165) is 31.4 Å². The number of nitrogens with one attached hydrogen (secondary N) is 1. The third-order valence-electron chi connectivity index (χ3n) is 5.78. The summed E-state index contributed by atoms with van der Waals surface area (Å²) in [4.78, 5) is 24.5. The van der Waals surface area contributed by atoms with Gasteiger partial charge in [0, 0.05) is 11.6 Å². The maximum atomic E-state index is 12.6. The van der Waals surface area contributed by atoms with Gasteiger partial charge in [-0.1, -0.05) is 12.1 Å². The first kappa shape index (κ1) is 23.3. The lowest BCUT2D eigenvalue weighted by molar-refractivity contribution is 0.0602. The second-order valence-electron chi connectivity index (χ2n) is 8.24. The van der Waals surface area contributed by atoms with Gasteiger partial charge in [0.25, 0.3) is 5.91 Å². The van der Waals surface area contributed by atoms with Crippen molar-refractivity contribution >= 4 is 17.6 Å². The number of anilines is 1. The molecule has 7 heteroatoms. The van der Waals surface area contributed by atoms with Gasteiger partial charge < -0.3 is 25.3 Å². The molecule has 1 fully saturated rings. The number of hydrogen-bond donors (Lipinski definition) is 2. The molecule has 0 saturated heterocycles. The van der Waals surface area contributed by atoms with Gasteiger partial charge >= 0.3 is 5.97 Å². The van der Waals surface area contributed by atoms with E-state index >= 15 is 0 Å². The number of benzene rings is 3. The highest BCUT2D eigenvalue weighted by Crippen LogP contribution is 2.27. The number of esters is 1. The monoisotopic (exact) mass is 460 g/mol. The van der Waals surface area contributed by atoms with Gasteiger partial charge in [-0.2, -0.15) is 0 Å². The van der Waals surface area contributed by atoms with E-state index in [2.05, 4.69) is 5.32 Å². The minimum absolute atomic E-state index is 0.213. The Morgan fingerprint density at radius 1 is 0.824 bits per heavy atom. The molecule has 4 rings (SSSR count). The molecule has 0 bridgehead atoms. The normalized spacial score (nSPS) is 17.5. The third-order valence-corrected chi connectivity index (χ3v) is 5.78. The summed E-state index contributed by atoms with van der Waals surface area (Å²) in [5.41, 5.74) is 7.06. The number of hydrogen-bond acceptors (Lipinski definition) is 6. The topological polar surface area (TPSA) is 99.9 Å². The fourth-order valence-electron chi connectivity index (χ4n) is 3.87. The zero-order valence-electron chi connectivity index (χ0n) is 19.0. The number of nitrogens with two attached hydrogens (primary N) is 1. The molecule has 0 heterocycles. The molecule has 34 heavy (non-hydrogen) atoms. The van der Waals surface area contributed by atoms with Crippen LogP contribution in [0.25, 0.3) is 0 Å². The number of methoxy groups -OCH3 is 1. The lowest BCUT2D eigenvalue weighted by atomic mass is 9.94. The van der Waals surface area contributed by atoms with Crippen molar-refractivity contribution in [3.05, 3.63) is 83.9 Å². The predicted octanol–water partition coefficient (Wildman–Crippen LogP) is 5.17. The van der Waals surface area contributed by atoms with Gasteiger partial charge in [0.2, 0.25) is 0 Å². The first-order valence-corrected chi connectivity index (χ1v) is 11.3. The van der Waals surface area contributed by atoms with Crippen LogP contribution >= 0.6 is 0 Å². The standard InChI is InChI=1S/C27H28N2O5/c1-32-27(31)24-4-2-3-5-25(24)29-26(30)18-6-10-20(11-7-18)33-22-14-16-23(17-15-22)34-21-12-8-19(28)9-13-21/h2-7,10-11,14-17,19,21H,8-9,12-13,28H2,1H3,(H,29,30)/t19-,21+. The Bertz CT molecular complexity index is 1120. The van der Waals surface area contributed by atoms with Crippen LogP contribution in [0.1, 0.15) is 46.4 Å². The fourth-order valence-corrected chi connectivity index (χ4v) is 3.87. The van der Waals surface area contributed by atoms with Crippen molar-refractivity contribution in [1.82, 2.24) is 0 Å². The summed E-state index contributed by atoms with van der Waals surface area (Å²) in [6.45, 7) is 0. The average molecular weight is 461 g/mol. The van der Waals surface area contributed by atoms with Crippen LogP contribution in [0.4, 0.5) is 5.69 Å². The molecule has 176 valence electrons. The number of para-hydroxylation sites is 1. The number of amides is 1. The second kappa shape index (κ2) is 10.9. The van der Waals surface area contributed by atoms with Crippen LogP contribution in [-0.4, -0.2) is 31.1 Å². The van der Waals surface area contributed by atoms with E-state index in [1.54, 1.807) is 48.5 Å². The summed E-state index contributed by atoms with van der Waals surface area (Å²) >= 11 is 0. The van der Waals surface area contributed by atoms with Gasteiger partial charge in [0.15, 0.2) is 0 Å². The summed E-state index contributed by atoms with van der Waals surface area (Å²) in [6, 6.07) is 21.2. The summed E-state index contributed by atoms with van der Waals surface area (Å²) in [6.07, 6.45) is 4.17. The maximum absolute atomic E-state index is 12.6. The van der Waals surface area contributed by atoms with Crippen LogP contribution in [-0.2, 0) is 4.74 Å². The molecule has 3 N–H and O–H groups in total. The highest BCUT2D eigenvalue weighted by atomic mass is 16.5. The highest BCUT2D eigenvalue weighted by molar-refractivity contribution is 6.08. The molecule has 1 aliphatic rings. The molecule has 1 aliphatic carbocycles. The van der Waals surface area contributed by atoms with Crippen LogP contribution in [0.3, 0.4) is 0 Å². The van der Waals surface area contributed by atoms with Crippen LogP contribution in [0, 0.1) is 0 Å². The Balaban J connectivity index is 1.34. The van der Waals surface area contributed by atoms with Gasteiger partial charge in [-0.15, -0.1) is 0 Å². The van der Waals surface area contributed by atoms with E-state index < -0.39 is 5.97 Å². The lowest BCUT2D eigenvalue weighted by Crippen LogP contribution is -2.31. The Labute approximate surface area is 198 Å². The Morgan fingerprint density at radius 2 is 1.41 bits per heavy atom. The van der Waals surface area contributed by atoms with Crippen LogP contribution in [0.5, 0.6) is 17.2 Å². The zero-order valence-corrected chi connectivity index (χ0v) is 19.0. The van der Waals surface area contributed by atoms with Crippen molar-refractivity contribution in [1.29, 1.82) is 0 Å².